The molecule has 0 radical (unpaired) electrons. The maximum atomic E-state index is 12.7. The second kappa shape index (κ2) is 8.76. The Bertz CT molecular complexity index is 991. The summed E-state index contributed by atoms with van der Waals surface area (Å²) < 4.78 is 10.4. The van der Waals surface area contributed by atoms with Gasteiger partial charge < -0.3 is 14.8 Å². The predicted molar refractivity (Wildman–Crippen MR) is 114 cm³/mol. The van der Waals surface area contributed by atoms with Crippen LogP contribution in [0, 0.1) is 18.3 Å². The first-order valence-electron chi connectivity index (χ1n) is 9.02. The summed E-state index contributed by atoms with van der Waals surface area (Å²) in [6, 6.07) is 16.6. The van der Waals surface area contributed by atoms with Crippen LogP contribution in [0.15, 0.2) is 59.8 Å². The van der Waals surface area contributed by atoms with Crippen molar-refractivity contribution in [3.8, 4) is 11.8 Å². The number of benzene rings is 2. The fourth-order valence-electron chi connectivity index (χ4n) is 3.24. The van der Waals surface area contributed by atoms with Crippen molar-refractivity contribution in [3.05, 3.63) is 70.9 Å². The number of hydrogen-bond donors (Lipinski definition) is 1. The Kier molecular flexibility index (Phi) is 6.15. The highest BCUT2D eigenvalue weighted by Crippen LogP contribution is 2.34. The Labute approximate surface area is 175 Å². The molecule has 0 saturated heterocycles. The lowest BCUT2D eigenvalue weighted by atomic mass is 9.94. The third-order valence-corrected chi connectivity index (χ3v) is 5.00. The molecule has 2 aromatic carbocycles. The molecule has 0 saturated carbocycles. The van der Waals surface area contributed by atoms with Crippen LogP contribution >= 0.6 is 12.2 Å². The molecule has 0 spiro atoms. The number of thiocarbonyl (C=S) groups is 1. The third-order valence-electron chi connectivity index (χ3n) is 4.70. The third kappa shape index (κ3) is 4.23. The topological polar surface area (TPSA) is 74.6 Å². The Balaban J connectivity index is 2.02. The summed E-state index contributed by atoms with van der Waals surface area (Å²) >= 11 is 5.62. The first kappa shape index (κ1) is 20.4. The highest BCUT2D eigenvalue weighted by Gasteiger charge is 2.35. The molecule has 1 heterocycles. The van der Waals surface area contributed by atoms with Crippen molar-refractivity contribution in [2.24, 2.45) is 0 Å². The molecule has 1 atom stereocenters. The van der Waals surface area contributed by atoms with Crippen molar-refractivity contribution in [2.75, 3.05) is 18.6 Å². The van der Waals surface area contributed by atoms with Gasteiger partial charge in [0.05, 0.1) is 18.7 Å². The van der Waals surface area contributed by atoms with E-state index in [4.69, 9.17) is 27.0 Å². The SMILES string of the molecule is COC(=O)C1=C(C)N(c2ccc(C)cc2)C(=S)N[C@H]1c1ccc(OCC#N)cc1. The van der Waals surface area contributed by atoms with Gasteiger partial charge in [0.2, 0.25) is 0 Å². The maximum Gasteiger partial charge on any atom is 0.337 e. The summed E-state index contributed by atoms with van der Waals surface area (Å²) in [6.45, 7) is 3.85. The lowest BCUT2D eigenvalue weighted by molar-refractivity contribution is -0.136. The fraction of sp³-hybridized carbons (Fsp3) is 0.227. The zero-order valence-corrected chi connectivity index (χ0v) is 17.2. The monoisotopic (exact) mass is 407 g/mol. The largest absolute Gasteiger partial charge is 0.479 e. The average molecular weight is 407 g/mol. The van der Waals surface area contributed by atoms with Crippen molar-refractivity contribution >= 4 is 29.0 Å². The van der Waals surface area contributed by atoms with Crippen LogP contribution in [0.1, 0.15) is 24.1 Å². The van der Waals surface area contributed by atoms with Crippen molar-refractivity contribution < 1.29 is 14.3 Å². The molecule has 0 fully saturated rings. The molecule has 0 bridgehead atoms. The molecule has 0 unspecified atom stereocenters. The molecule has 29 heavy (non-hydrogen) atoms. The van der Waals surface area contributed by atoms with E-state index in [0.717, 1.165) is 16.8 Å². The fourth-order valence-corrected chi connectivity index (χ4v) is 3.60. The highest BCUT2D eigenvalue weighted by atomic mass is 32.1. The van der Waals surface area contributed by atoms with Gasteiger partial charge in [-0.05, 0) is 55.9 Å². The quantitative estimate of drug-likeness (QED) is 0.597. The highest BCUT2D eigenvalue weighted by molar-refractivity contribution is 7.80. The molecule has 7 heteroatoms. The van der Waals surface area contributed by atoms with E-state index in [2.05, 4.69) is 5.32 Å². The number of ether oxygens (including phenoxy) is 2. The molecule has 0 aromatic heterocycles. The van der Waals surface area contributed by atoms with Crippen molar-refractivity contribution in [3.63, 3.8) is 0 Å². The number of methoxy groups -OCH3 is 1. The van der Waals surface area contributed by atoms with Gasteiger partial charge in [-0.2, -0.15) is 5.26 Å². The van der Waals surface area contributed by atoms with Gasteiger partial charge in [-0.25, -0.2) is 4.79 Å². The number of carbonyl (C=O) groups is 1. The second-order valence-electron chi connectivity index (χ2n) is 6.56. The summed E-state index contributed by atoms with van der Waals surface area (Å²) in [4.78, 5) is 14.5. The Morgan fingerprint density at radius 3 is 2.41 bits per heavy atom. The Hall–Kier alpha value is -3.37. The number of rotatable bonds is 5. The van der Waals surface area contributed by atoms with E-state index in [1.807, 2.05) is 61.2 Å². The molecule has 148 valence electrons. The van der Waals surface area contributed by atoms with E-state index in [1.165, 1.54) is 7.11 Å². The van der Waals surface area contributed by atoms with E-state index in [0.29, 0.717) is 22.1 Å². The number of hydrogen-bond acceptors (Lipinski definition) is 5. The number of nitrogens with zero attached hydrogens (tertiary/aromatic N) is 2. The molecular formula is C22H21N3O3S. The van der Waals surface area contributed by atoms with E-state index < -0.39 is 12.0 Å². The van der Waals surface area contributed by atoms with Crippen LogP contribution in [0.25, 0.3) is 0 Å². The van der Waals surface area contributed by atoms with Crippen LogP contribution < -0.4 is 15.0 Å². The first-order valence-corrected chi connectivity index (χ1v) is 9.43. The minimum absolute atomic E-state index is 0.0248. The van der Waals surface area contributed by atoms with Crippen LogP contribution in [0.2, 0.25) is 0 Å². The number of anilines is 1. The van der Waals surface area contributed by atoms with Crippen LogP contribution in [0.5, 0.6) is 5.75 Å². The van der Waals surface area contributed by atoms with Crippen LogP contribution in [-0.2, 0) is 9.53 Å². The van der Waals surface area contributed by atoms with Crippen LogP contribution in [0.4, 0.5) is 5.69 Å². The van der Waals surface area contributed by atoms with E-state index in [1.54, 1.807) is 12.1 Å². The molecular weight excluding hydrogens is 386 g/mol. The lowest BCUT2D eigenvalue weighted by Crippen LogP contribution is -2.48. The number of allylic oxidation sites excluding steroid dienone is 1. The van der Waals surface area contributed by atoms with Gasteiger partial charge in [0.25, 0.3) is 0 Å². The van der Waals surface area contributed by atoms with Gasteiger partial charge in [-0.1, -0.05) is 29.8 Å². The van der Waals surface area contributed by atoms with Gasteiger partial charge in [-0.3, -0.25) is 4.90 Å². The maximum absolute atomic E-state index is 12.7. The molecule has 1 aliphatic rings. The minimum Gasteiger partial charge on any atom is -0.479 e. The van der Waals surface area contributed by atoms with Crippen LogP contribution in [-0.4, -0.2) is 24.8 Å². The van der Waals surface area contributed by atoms with E-state index >= 15 is 0 Å². The molecule has 1 aliphatic heterocycles. The summed E-state index contributed by atoms with van der Waals surface area (Å²) in [5.41, 5.74) is 4.02. The Morgan fingerprint density at radius 2 is 1.83 bits per heavy atom. The summed E-state index contributed by atoms with van der Waals surface area (Å²) in [5.74, 6) is 0.153. The smallest absolute Gasteiger partial charge is 0.337 e. The molecule has 2 aromatic rings. The van der Waals surface area contributed by atoms with Gasteiger partial charge in [0.1, 0.15) is 11.8 Å². The van der Waals surface area contributed by atoms with Crippen molar-refractivity contribution in [2.45, 2.75) is 19.9 Å². The number of carbonyl (C=O) groups excluding carboxylic acids is 1. The standard InChI is InChI=1S/C22H21N3O3S/c1-14-4-8-17(9-5-14)25-15(2)19(21(26)27-3)20(24-22(25)29)16-6-10-18(11-7-16)28-13-12-23/h4-11,20H,13H2,1-3H3,(H,24,29)/t20-/m0/s1. The van der Waals surface area contributed by atoms with Gasteiger partial charge in [0, 0.05) is 11.4 Å². The number of nitrogens with one attached hydrogen (secondary N) is 1. The number of esters is 1. The van der Waals surface area contributed by atoms with Gasteiger partial charge >= 0.3 is 5.97 Å². The van der Waals surface area contributed by atoms with E-state index in [-0.39, 0.29) is 6.61 Å². The molecule has 6 nitrogen and oxygen atoms in total. The number of aryl methyl sites for hydroxylation is 1. The summed E-state index contributed by atoms with van der Waals surface area (Å²) in [5, 5.41) is 12.4. The normalized spacial score (nSPS) is 16.1. The van der Waals surface area contributed by atoms with Gasteiger partial charge in [-0.15, -0.1) is 0 Å². The lowest BCUT2D eigenvalue weighted by Gasteiger charge is -2.37. The molecule has 3 rings (SSSR count). The summed E-state index contributed by atoms with van der Waals surface area (Å²) in [7, 11) is 1.36. The van der Waals surface area contributed by atoms with E-state index in [9.17, 15) is 4.79 Å². The zero-order valence-electron chi connectivity index (χ0n) is 16.4. The van der Waals surface area contributed by atoms with Crippen molar-refractivity contribution in [1.82, 2.24) is 5.32 Å². The van der Waals surface area contributed by atoms with Crippen molar-refractivity contribution in [1.29, 1.82) is 5.26 Å². The Morgan fingerprint density at radius 1 is 1.17 bits per heavy atom. The molecule has 0 amide bonds. The average Bonchev–Trinajstić information content (AvgIpc) is 2.73. The van der Waals surface area contributed by atoms with Crippen LogP contribution in [0.3, 0.4) is 0 Å². The first-order chi connectivity index (χ1) is 14.0. The summed E-state index contributed by atoms with van der Waals surface area (Å²) in [6.07, 6.45) is 0. The minimum atomic E-state index is -0.457. The molecule has 1 N–H and O–H groups in total. The predicted octanol–water partition coefficient (Wildman–Crippen LogP) is 3.78. The second-order valence-corrected chi connectivity index (χ2v) is 6.95. The number of nitriles is 1. The van der Waals surface area contributed by atoms with Gasteiger partial charge in [0.15, 0.2) is 11.7 Å². The zero-order chi connectivity index (χ0) is 21.0. The molecule has 0 aliphatic carbocycles.